The van der Waals surface area contributed by atoms with Gasteiger partial charge in [0.15, 0.2) is 5.78 Å². The van der Waals surface area contributed by atoms with E-state index in [-0.39, 0.29) is 17.9 Å². The molecule has 0 N–H and O–H groups in total. The van der Waals surface area contributed by atoms with Gasteiger partial charge in [-0.15, -0.1) is 0 Å². The maximum Gasteiger partial charge on any atom is 0.267 e. The van der Waals surface area contributed by atoms with E-state index in [9.17, 15) is 14.0 Å². The highest BCUT2D eigenvalue weighted by molar-refractivity contribution is 5.95. The lowest BCUT2D eigenvalue weighted by molar-refractivity contribution is 0.0966. The van der Waals surface area contributed by atoms with Crippen molar-refractivity contribution in [1.29, 1.82) is 0 Å². The highest BCUT2D eigenvalue weighted by atomic mass is 19.1. The maximum absolute atomic E-state index is 13.0. The van der Waals surface area contributed by atoms with Crippen LogP contribution < -0.4 is 5.56 Å². The minimum atomic E-state index is -0.412. The van der Waals surface area contributed by atoms with Crippen LogP contribution in [0.4, 0.5) is 4.39 Å². The monoisotopic (exact) mass is 364 g/mol. The molecule has 0 unspecified atom stereocenters. The summed E-state index contributed by atoms with van der Waals surface area (Å²) < 4.78 is 14.1. The predicted molar refractivity (Wildman–Crippen MR) is 103 cm³/mol. The summed E-state index contributed by atoms with van der Waals surface area (Å²) in [6.07, 6.45) is 0.999. The zero-order chi connectivity index (χ0) is 19.4. The molecule has 3 rings (SSSR count). The lowest BCUT2D eigenvalue weighted by atomic mass is 10.0. The molecule has 0 bridgehead atoms. The van der Waals surface area contributed by atoms with Crippen molar-refractivity contribution in [3.63, 3.8) is 0 Å². The van der Waals surface area contributed by atoms with Crippen molar-refractivity contribution in [2.45, 2.75) is 26.8 Å². The lowest BCUT2D eigenvalue weighted by Gasteiger charge is -2.09. The summed E-state index contributed by atoms with van der Waals surface area (Å²) in [6, 6.07) is 16.3. The summed E-state index contributed by atoms with van der Waals surface area (Å²) in [5.74, 6) is -0.132. The van der Waals surface area contributed by atoms with E-state index in [0.29, 0.717) is 17.2 Å². The summed E-state index contributed by atoms with van der Waals surface area (Å²) in [6.45, 7) is 4.15. The largest absolute Gasteiger partial charge is 0.292 e. The van der Waals surface area contributed by atoms with Crippen molar-refractivity contribution in [1.82, 2.24) is 9.78 Å². The summed E-state index contributed by atoms with van der Waals surface area (Å²) in [4.78, 5) is 24.4. The number of benzene rings is 2. The highest BCUT2D eigenvalue weighted by Crippen LogP contribution is 2.18. The number of rotatable bonds is 6. The Bertz CT molecular complexity index is 990. The summed E-state index contributed by atoms with van der Waals surface area (Å²) in [5.41, 5.74) is 2.73. The SMILES string of the molecule is CC(C)Cc1ccc(-c2ccc(=O)n(CC(=O)c3ccc(F)cc3)n2)cc1. The number of nitrogens with zero attached hydrogens (tertiary/aromatic N) is 2. The van der Waals surface area contributed by atoms with Crippen molar-refractivity contribution in [3.05, 3.63) is 88.0 Å². The van der Waals surface area contributed by atoms with Gasteiger partial charge in [-0.05, 0) is 48.2 Å². The topological polar surface area (TPSA) is 52.0 Å². The first-order valence-corrected chi connectivity index (χ1v) is 8.88. The average Bonchev–Trinajstić information content (AvgIpc) is 2.64. The third-order valence-electron chi connectivity index (χ3n) is 4.22. The predicted octanol–water partition coefficient (Wildman–Crippen LogP) is 4.13. The fourth-order valence-corrected chi connectivity index (χ4v) is 2.86. The van der Waals surface area contributed by atoms with Gasteiger partial charge in [-0.1, -0.05) is 38.1 Å². The molecule has 0 amide bonds. The first-order valence-electron chi connectivity index (χ1n) is 8.88. The number of carbonyl (C=O) groups excluding carboxylic acids is 1. The molecule has 27 heavy (non-hydrogen) atoms. The Balaban J connectivity index is 1.82. The summed E-state index contributed by atoms with van der Waals surface area (Å²) >= 11 is 0. The van der Waals surface area contributed by atoms with Crippen LogP contribution in [-0.2, 0) is 13.0 Å². The minimum Gasteiger partial charge on any atom is -0.292 e. The Hall–Kier alpha value is -3.08. The molecule has 5 heteroatoms. The normalized spacial score (nSPS) is 11.0. The van der Waals surface area contributed by atoms with Gasteiger partial charge in [-0.3, -0.25) is 9.59 Å². The number of carbonyl (C=O) groups is 1. The van der Waals surface area contributed by atoms with Crippen LogP contribution in [0.15, 0.2) is 65.5 Å². The molecular weight excluding hydrogens is 343 g/mol. The number of hydrogen-bond acceptors (Lipinski definition) is 3. The van der Waals surface area contributed by atoms with E-state index < -0.39 is 5.82 Å². The third-order valence-corrected chi connectivity index (χ3v) is 4.22. The zero-order valence-corrected chi connectivity index (χ0v) is 15.4. The fraction of sp³-hybridized carbons (Fsp3) is 0.227. The Kier molecular flexibility index (Phi) is 5.60. The standard InChI is InChI=1S/C22H21FN2O2/c1-15(2)13-16-3-5-17(6-4-16)20-11-12-22(27)25(24-20)14-21(26)18-7-9-19(23)10-8-18/h3-12,15H,13-14H2,1-2H3. The number of hydrogen-bond donors (Lipinski definition) is 0. The van der Waals surface area contributed by atoms with Crippen molar-refractivity contribution >= 4 is 5.78 Å². The number of halogens is 1. The molecule has 0 aliphatic heterocycles. The summed E-state index contributed by atoms with van der Waals surface area (Å²) in [5, 5.41) is 4.33. The van der Waals surface area contributed by atoms with Crippen LogP contribution in [0.2, 0.25) is 0 Å². The molecule has 4 nitrogen and oxygen atoms in total. The molecule has 0 atom stereocenters. The Labute approximate surface area is 157 Å². The highest BCUT2D eigenvalue weighted by Gasteiger charge is 2.11. The molecule has 0 aliphatic carbocycles. The maximum atomic E-state index is 13.0. The lowest BCUT2D eigenvalue weighted by Crippen LogP contribution is -2.26. The molecule has 1 heterocycles. The molecule has 0 spiro atoms. The molecule has 0 saturated carbocycles. The van der Waals surface area contributed by atoms with Gasteiger partial charge in [0.25, 0.3) is 5.56 Å². The van der Waals surface area contributed by atoms with Gasteiger partial charge in [0.05, 0.1) is 5.69 Å². The van der Waals surface area contributed by atoms with Crippen LogP contribution in [0, 0.1) is 11.7 Å². The first kappa shape index (κ1) is 18.7. The van der Waals surface area contributed by atoms with E-state index in [1.54, 1.807) is 6.07 Å². The molecule has 0 radical (unpaired) electrons. The van der Waals surface area contributed by atoms with Gasteiger partial charge < -0.3 is 0 Å². The van der Waals surface area contributed by atoms with Gasteiger partial charge in [-0.25, -0.2) is 9.07 Å². The van der Waals surface area contributed by atoms with Crippen molar-refractivity contribution in [3.8, 4) is 11.3 Å². The molecule has 138 valence electrons. The van der Waals surface area contributed by atoms with Gasteiger partial charge in [0.1, 0.15) is 12.4 Å². The van der Waals surface area contributed by atoms with E-state index in [2.05, 4.69) is 31.1 Å². The summed E-state index contributed by atoms with van der Waals surface area (Å²) in [7, 11) is 0. The van der Waals surface area contributed by atoms with E-state index >= 15 is 0 Å². The molecule has 1 aromatic heterocycles. The third kappa shape index (κ3) is 4.76. The van der Waals surface area contributed by atoms with Crippen LogP contribution in [0.25, 0.3) is 11.3 Å². The molecule has 0 aliphatic rings. The molecule has 2 aromatic carbocycles. The van der Waals surface area contributed by atoms with Crippen LogP contribution in [0.1, 0.15) is 29.8 Å². The average molecular weight is 364 g/mol. The van der Waals surface area contributed by atoms with Gasteiger partial charge in [0.2, 0.25) is 0 Å². The number of aromatic nitrogens is 2. The van der Waals surface area contributed by atoms with Crippen LogP contribution in [0.3, 0.4) is 0 Å². The second-order valence-electron chi connectivity index (χ2n) is 6.94. The van der Waals surface area contributed by atoms with E-state index in [1.807, 2.05) is 12.1 Å². The van der Waals surface area contributed by atoms with Gasteiger partial charge >= 0.3 is 0 Å². The quantitative estimate of drug-likeness (QED) is 0.618. The smallest absolute Gasteiger partial charge is 0.267 e. The van der Waals surface area contributed by atoms with Crippen LogP contribution in [0.5, 0.6) is 0 Å². The Morgan fingerprint density at radius 2 is 1.67 bits per heavy atom. The van der Waals surface area contributed by atoms with Crippen LogP contribution >= 0.6 is 0 Å². The first-order chi connectivity index (χ1) is 12.9. The molecule has 0 fully saturated rings. The van der Waals surface area contributed by atoms with Crippen molar-refractivity contribution in [2.24, 2.45) is 5.92 Å². The Morgan fingerprint density at radius 3 is 2.30 bits per heavy atom. The van der Waals surface area contributed by atoms with Gasteiger partial charge in [0, 0.05) is 17.2 Å². The second kappa shape index (κ2) is 8.08. The molecule has 3 aromatic rings. The van der Waals surface area contributed by atoms with E-state index in [1.165, 1.54) is 35.9 Å². The van der Waals surface area contributed by atoms with Crippen molar-refractivity contribution in [2.75, 3.05) is 0 Å². The van der Waals surface area contributed by atoms with Crippen LogP contribution in [-0.4, -0.2) is 15.6 Å². The van der Waals surface area contributed by atoms with E-state index in [4.69, 9.17) is 0 Å². The van der Waals surface area contributed by atoms with Gasteiger partial charge in [-0.2, -0.15) is 5.10 Å². The zero-order valence-electron chi connectivity index (χ0n) is 15.4. The minimum absolute atomic E-state index is 0.191. The Morgan fingerprint density at radius 1 is 1.00 bits per heavy atom. The number of Topliss-reactive ketones (excluding diaryl/α,β-unsaturated/α-hetero) is 1. The van der Waals surface area contributed by atoms with E-state index in [0.717, 1.165) is 16.7 Å². The number of ketones is 1. The molecular formula is C22H21FN2O2. The van der Waals surface area contributed by atoms with Crippen molar-refractivity contribution < 1.29 is 9.18 Å². The second-order valence-corrected chi connectivity index (χ2v) is 6.94. The molecule has 0 saturated heterocycles. The fourth-order valence-electron chi connectivity index (χ4n) is 2.86.